The maximum atomic E-state index is 11.0. The van der Waals surface area contributed by atoms with Crippen LogP contribution in [0.25, 0.3) is 0 Å². The molecule has 2 saturated heterocycles. The highest BCUT2D eigenvalue weighted by Gasteiger charge is 2.57. The molecule has 0 radical (unpaired) electrons. The molecule has 7 heteroatoms. The van der Waals surface area contributed by atoms with Crippen molar-refractivity contribution in [2.24, 2.45) is 0 Å². The monoisotopic (exact) mass is 269 g/mol. The quantitative estimate of drug-likeness (QED) is 0.602. The fourth-order valence-electron chi connectivity index (χ4n) is 3.08. The zero-order valence-electron chi connectivity index (χ0n) is 10.2. The van der Waals surface area contributed by atoms with E-state index in [1.807, 2.05) is 12.1 Å². The highest BCUT2D eigenvalue weighted by atomic mass is 32.2. The van der Waals surface area contributed by atoms with Crippen LogP contribution in [-0.2, 0) is 20.4 Å². The zero-order valence-corrected chi connectivity index (χ0v) is 11.1. The Balaban J connectivity index is 2.01. The minimum Gasteiger partial charge on any atom is -0.505 e. The number of quaternary nitrogens is 1. The molecule has 0 saturated carbocycles. The average Bonchev–Trinajstić information content (AvgIpc) is 2.83. The third-order valence-corrected chi connectivity index (χ3v) is 4.89. The molecule has 1 aromatic rings. The lowest BCUT2D eigenvalue weighted by molar-refractivity contribution is -0.798. The maximum Gasteiger partial charge on any atom is 0.502 e. The van der Waals surface area contributed by atoms with Crippen LogP contribution in [0.5, 0.6) is 0 Å². The molecule has 98 valence electrons. The van der Waals surface area contributed by atoms with Crippen LogP contribution < -0.4 is 5.46 Å². The van der Waals surface area contributed by atoms with Crippen molar-refractivity contribution in [2.75, 3.05) is 33.4 Å². The number of fused-ring (bicyclic) bond motifs is 1. The Morgan fingerprint density at radius 1 is 1.22 bits per heavy atom. The van der Waals surface area contributed by atoms with Crippen LogP contribution in [-0.4, -0.2) is 53.2 Å². The van der Waals surface area contributed by atoms with Gasteiger partial charge >= 0.3 is 6.69 Å². The molecular formula is C11H16BNO4S. The van der Waals surface area contributed by atoms with Crippen LogP contribution in [0, 0.1) is 0 Å². The minimum absolute atomic E-state index is 0.399. The lowest BCUT2D eigenvalue weighted by atomic mass is 9.61. The SMILES string of the molecule is C[N+]12CCO[B-]1(c1ccc(S(=O)O)cc1)OCC2. The van der Waals surface area contributed by atoms with E-state index in [-0.39, 0.29) is 0 Å². The van der Waals surface area contributed by atoms with Gasteiger partial charge in [0.1, 0.15) is 0 Å². The number of hydrogen-bond donors (Lipinski definition) is 1. The molecule has 2 aliphatic rings. The Labute approximate surface area is 109 Å². The molecule has 1 unspecified atom stereocenters. The molecule has 0 aromatic heterocycles. The van der Waals surface area contributed by atoms with E-state index in [1.54, 1.807) is 12.1 Å². The second-order valence-electron chi connectivity index (χ2n) is 5.16. The van der Waals surface area contributed by atoms with Crippen molar-refractivity contribution in [3.63, 3.8) is 0 Å². The summed E-state index contributed by atoms with van der Waals surface area (Å²) in [6.45, 7) is 1.82. The van der Waals surface area contributed by atoms with Gasteiger partial charge in [0.25, 0.3) is 0 Å². The minimum atomic E-state index is -1.94. The van der Waals surface area contributed by atoms with Crippen molar-refractivity contribution in [3.05, 3.63) is 24.3 Å². The molecule has 2 heterocycles. The Morgan fingerprint density at radius 3 is 2.28 bits per heavy atom. The second kappa shape index (κ2) is 4.14. The fraction of sp³-hybridized carbons (Fsp3) is 0.455. The summed E-state index contributed by atoms with van der Waals surface area (Å²) in [7, 11) is 2.15. The van der Waals surface area contributed by atoms with E-state index >= 15 is 0 Å². The smallest absolute Gasteiger partial charge is 0.502 e. The van der Waals surface area contributed by atoms with E-state index < -0.39 is 17.8 Å². The number of rotatable bonds is 2. The lowest BCUT2D eigenvalue weighted by Gasteiger charge is -2.43. The van der Waals surface area contributed by atoms with Crippen molar-refractivity contribution < 1.29 is 22.5 Å². The molecule has 0 spiro atoms. The summed E-state index contributed by atoms with van der Waals surface area (Å²) in [6.07, 6.45) is 0. The zero-order chi connectivity index (χ0) is 12.8. The van der Waals surface area contributed by atoms with Crippen LogP contribution in [0.15, 0.2) is 29.2 Å². The van der Waals surface area contributed by atoms with Crippen molar-refractivity contribution >= 4 is 23.2 Å². The molecule has 1 atom stereocenters. The first-order chi connectivity index (χ1) is 8.57. The highest BCUT2D eigenvalue weighted by molar-refractivity contribution is 7.79. The first-order valence-corrected chi connectivity index (χ1v) is 7.16. The van der Waals surface area contributed by atoms with Crippen LogP contribution in [0.1, 0.15) is 0 Å². The van der Waals surface area contributed by atoms with E-state index in [9.17, 15) is 4.21 Å². The molecule has 0 bridgehead atoms. The van der Waals surface area contributed by atoms with Gasteiger partial charge in [-0.05, 0) is 12.1 Å². The van der Waals surface area contributed by atoms with Gasteiger partial charge in [0.05, 0.1) is 31.2 Å². The summed E-state index contributed by atoms with van der Waals surface area (Å²) in [5.41, 5.74) is 0.974. The normalized spacial score (nSPS) is 36.6. The summed E-state index contributed by atoms with van der Waals surface area (Å²) in [5, 5.41) is 0. The standard InChI is InChI=1S/C11H16BNO4S/c1-13-6-8-16-12(13,17-9-7-13)10-2-4-11(5-3-10)18(14)15/h2-5H,6-9H2,1H3,(H,14,15). The molecule has 2 aliphatic heterocycles. The number of likely N-dealkylation sites (N-methyl/N-ethyl adjacent to an activating group) is 1. The topological polar surface area (TPSA) is 55.8 Å². The van der Waals surface area contributed by atoms with Crippen LogP contribution in [0.4, 0.5) is 0 Å². The van der Waals surface area contributed by atoms with Gasteiger partial charge in [-0.3, -0.25) is 0 Å². The number of benzene rings is 1. The van der Waals surface area contributed by atoms with Crippen LogP contribution in [0.2, 0.25) is 0 Å². The second-order valence-corrected chi connectivity index (χ2v) is 6.13. The molecule has 18 heavy (non-hydrogen) atoms. The van der Waals surface area contributed by atoms with Gasteiger partial charge in [0, 0.05) is 7.05 Å². The third-order valence-electron chi connectivity index (χ3n) is 4.22. The highest BCUT2D eigenvalue weighted by Crippen LogP contribution is 2.31. The van der Waals surface area contributed by atoms with E-state index in [0.717, 1.165) is 22.9 Å². The molecule has 0 aliphatic carbocycles. The Bertz CT molecular complexity index is 482. The average molecular weight is 269 g/mol. The van der Waals surface area contributed by atoms with E-state index in [0.29, 0.717) is 18.1 Å². The summed E-state index contributed by atoms with van der Waals surface area (Å²) in [4.78, 5) is 0.399. The number of nitrogens with zero attached hydrogens (tertiary/aromatic N) is 1. The summed E-state index contributed by atoms with van der Waals surface area (Å²) in [6, 6.07) is 7.01. The van der Waals surface area contributed by atoms with E-state index in [2.05, 4.69) is 7.05 Å². The lowest BCUT2D eigenvalue weighted by Crippen LogP contribution is -2.67. The molecule has 0 amide bonds. The van der Waals surface area contributed by atoms with Crippen molar-refractivity contribution in [3.8, 4) is 0 Å². The van der Waals surface area contributed by atoms with Crippen LogP contribution >= 0.6 is 0 Å². The van der Waals surface area contributed by atoms with Crippen molar-refractivity contribution in [2.45, 2.75) is 4.90 Å². The summed E-state index contributed by atoms with van der Waals surface area (Å²) >= 11 is -1.94. The van der Waals surface area contributed by atoms with Gasteiger partial charge in [-0.1, -0.05) is 17.6 Å². The Hall–Kier alpha value is -0.725. The van der Waals surface area contributed by atoms with Crippen molar-refractivity contribution in [1.82, 2.24) is 0 Å². The molecule has 5 nitrogen and oxygen atoms in total. The maximum absolute atomic E-state index is 11.0. The van der Waals surface area contributed by atoms with Gasteiger partial charge in [-0.15, -0.1) is 0 Å². The first-order valence-electron chi connectivity index (χ1n) is 6.05. The predicted molar refractivity (Wildman–Crippen MR) is 68.7 cm³/mol. The van der Waals surface area contributed by atoms with Gasteiger partial charge < -0.3 is 18.3 Å². The first kappa shape index (κ1) is 12.3. The van der Waals surface area contributed by atoms with Gasteiger partial charge in [-0.2, -0.15) is 0 Å². The van der Waals surface area contributed by atoms with Gasteiger partial charge in [-0.25, -0.2) is 4.21 Å². The fourth-order valence-corrected chi connectivity index (χ4v) is 3.45. The molecule has 1 aromatic carbocycles. The Kier molecular flexibility index (Phi) is 2.83. The van der Waals surface area contributed by atoms with Gasteiger partial charge in [0.2, 0.25) is 0 Å². The molecule has 1 N–H and O–H groups in total. The number of hydrogen-bond acceptors (Lipinski definition) is 3. The predicted octanol–water partition coefficient (Wildman–Crippen LogP) is -0.0799. The largest absolute Gasteiger partial charge is 0.505 e. The Morgan fingerprint density at radius 2 is 1.78 bits per heavy atom. The molecule has 2 fully saturated rings. The van der Waals surface area contributed by atoms with Crippen molar-refractivity contribution in [1.29, 1.82) is 0 Å². The molecule has 3 rings (SSSR count). The molecular weight excluding hydrogens is 253 g/mol. The van der Waals surface area contributed by atoms with E-state index in [4.69, 9.17) is 13.9 Å². The van der Waals surface area contributed by atoms with E-state index in [1.165, 1.54) is 0 Å². The summed E-state index contributed by atoms with van der Waals surface area (Å²) in [5.74, 6) is 0. The van der Waals surface area contributed by atoms with Crippen LogP contribution in [0.3, 0.4) is 0 Å². The third kappa shape index (κ3) is 1.59. The summed E-state index contributed by atoms with van der Waals surface area (Å²) < 4.78 is 32.6. The van der Waals surface area contributed by atoms with Gasteiger partial charge in [0.15, 0.2) is 11.1 Å².